The lowest BCUT2D eigenvalue weighted by atomic mass is 9.78. The SMILES string of the molecule is NC1(CN[C@H]2C[C@@H]2c2ccccc2)CCC1. The largest absolute Gasteiger partial charge is 0.324 e. The fourth-order valence-electron chi connectivity index (χ4n) is 2.63. The minimum absolute atomic E-state index is 0.115. The van der Waals surface area contributed by atoms with Crippen LogP contribution in [-0.4, -0.2) is 18.1 Å². The topological polar surface area (TPSA) is 38.0 Å². The van der Waals surface area contributed by atoms with E-state index in [9.17, 15) is 0 Å². The van der Waals surface area contributed by atoms with Gasteiger partial charge in [-0.2, -0.15) is 0 Å². The maximum Gasteiger partial charge on any atom is 0.0280 e. The maximum absolute atomic E-state index is 6.20. The first-order valence-corrected chi connectivity index (χ1v) is 6.34. The van der Waals surface area contributed by atoms with Crippen molar-refractivity contribution in [2.45, 2.75) is 43.2 Å². The number of rotatable bonds is 4. The Morgan fingerprint density at radius 2 is 2.00 bits per heavy atom. The molecule has 0 bridgehead atoms. The molecule has 2 atom stereocenters. The third-order valence-corrected chi connectivity index (χ3v) is 4.08. The van der Waals surface area contributed by atoms with Gasteiger partial charge >= 0.3 is 0 Å². The van der Waals surface area contributed by atoms with Gasteiger partial charge in [0.05, 0.1) is 0 Å². The van der Waals surface area contributed by atoms with Crippen LogP contribution >= 0.6 is 0 Å². The molecule has 2 saturated carbocycles. The first-order valence-electron chi connectivity index (χ1n) is 6.34. The smallest absolute Gasteiger partial charge is 0.0280 e. The molecule has 0 amide bonds. The Labute approximate surface area is 97.2 Å². The van der Waals surface area contributed by atoms with Crippen molar-refractivity contribution in [2.24, 2.45) is 5.73 Å². The van der Waals surface area contributed by atoms with Crippen molar-refractivity contribution in [3.05, 3.63) is 35.9 Å². The summed E-state index contributed by atoms with van der Waals surface area (Å²) in [6.07, 6.45) is 4.98. The standard InChI is InChI=1S/C14H20N2/c15-14(7-4-8-14)10-16-13-9-12(13)11-5-2-1-3-6-11/h1-3,5-6,12-13,16H,4,7-10,15H2/t12-,13+/m1/s1. The van der Waals surface area contributed by atoms with Crippen LogP contribution in [0.3, 0.4) is 0 Å². The zero-order valence-corrected chi connectivity index (χ0v) is 9.65. The molecule has 0 radical (unpaired) electrons. The summed E-state index contributed by atoms with van der Waals surface area (Å²) in [5.41, 5.74) is 7.79. The Bertz CT molecular complexity index is 356. The molecule has 0 saturated heterocycles. The minimum atomic E-state index is 0.115. The molecule has 2 heteroatoms. The maximum atomic E-state index is 6.20. The molecule has 0 spiro atoms. The summed E-state index contributed by atoms with van der Waals surface area (Å²) in [5, 5.41) is 3.62. The highest BCUT2D eigenvalue weighted by Gasteiger charge is 2.40. The molecule has 2 nitrogen and oxygen atoms in total. The van der Waals surface area contributed by atoms with E-state index in [1.54, 1.807) is 0 Å². The molecule has 1 aromatic rings. The van der Waals surface area contributed by atoms with Crippen molar-refractivity contribution in [1.82, 2.24) is 5.32 Å². The highest BCUT2D eigenvalue weighted by Crippen LogP contribution is 2.41. The number of hydrogen-bond donors (Lipinski definition) is 2. The number of hydrogen-bond acceptors (Lipinski definition) is 2. The molecule has 0 heterocycles. The molecule has 0 unspecified atom stereocenters. The lowest BCUT2D eigenvalue weighted by Gasteiger charge is -2.38. The van der Waals surface area contributed by atoms with Crippen LogP contribution in [0.15, 0.2) is 30.3 Å². The molecule has 3 N–H and O–H groups in total. The normalized spacial score (nSPS) is 30.8. The second kappa shape index (κ2) is 3.86. The predicted molar refractivity (Wildman–Crippen MR) is 66.4 cm³/mol. The van der Waals surface area contributed by atoms with Crippen molar-refractivity contribution in [3.8, 4) is 0 Å². The van der Waals surface area contributed by atoms with Crippen molar-refractivity contribution in [3.63, 3.8) is 0 Å². The van der Waals surface area contributed by atoms with Gasteiger partial charge in [-0.3, -0.25) is 0 Å². The van der Waals surface area contributed by atoms with Crippen LogP contribution in [0, 0.1) is 0 Å². The molecule has 0 aliphatic heterocycles. The van der Waals surface area contributed by atoms with Gasteiger partial charge in [-0.25, -0.2) is 0 Å². The Morgan fingerprint density at radius 3 is 2.62 bits per heavy atom. The fourth-order valence-corrected chi connectivity index (χ4v) is 2.63. The number of benzene rings is 1. The van der Waals surface area contributed by atoms with Crippen LogP contribution in [0.25, 0.3) is 0 Å². The second-order valence-corrected chi connectivity index (χ2v) is 5.46. The Balaban J connectivity index is 1.49. The van der Waals surface area contributed by atoms with Gasteiger partial charge in [0.2, 0.25) is 0 Å². The quantitative estimate of drug-likeness (QED) is 0.808. The fraction of sp³-hybridized carbons (Fsp3) is 0.571. The lowest BCUT2D eigenvalue weighted by Crippen LogP contribution is -2.54. The average Bonchev–Trinajstić information content (AvgIpc) is 3.04. The molecule has 86 valence electrons. The van der Waals surface area contributed by atoms with E-state index < -0.39 is 0 Å². The van der Waals surface area contributed by atoms with Gasteiger partial charge in [-0.15, -0.1) is 0 Å². The van der Waals surface area contributed by atoms with E-state index in [0.717, 1.165) is 12.5 Å². The van der Waals surface area contributed by atoms with Crippen LogP contribution in [-0.2, 0) is 0 Å². The van der Waals surface area contributed by atoms with E-state index in [2.05, 4.69) is 35.6 Å². The van der Waals surface area contributed by atoms with Crippen molar-refractivity contribution < 1.29 is 0 Å². The van der Waals surface area contributed by atoms with Crippen molar-refractivity contribution >= 4 is 0 Å². The van der Waals surface area contributed by atoms with Crippen LogP contribution in [0.2, 0.25) is 0 Å². The average molecular weight is 216 g/mol. The third-order valence-electron chi connectivity index (χ3n) is 4.08. The molecular weight excluding hydrogens is 196 g/mol. The zero-order chi connectivity index (χ0) is 11.0. The lowest BCUT2D eigenvalue weighted by molar-refractivity contribution is 0.238. The van der Waals surface area contributed by atoms with E-state index in [-0.39, 0.29) is 5.54 Å². The summed E-state index contributed by atoms with van der Waals surface area (Å²) in [6.45, 7) is 1.00. The minimum Gasteiger partial charge on any atom is -0.324 e. The van der Waals surface area contributed by atoms with Crippen LogP contribution in [0.1, 0.15) is 37.2 Å². The van der Waals surface area contributed by atoms with Gasteiger partial charge in [-0.1, -0.05) is 30.3 Å². The Morgan fingerprint density at radius 1 is 1.25 bits per heavy atom. The summed E-state index contributed by atoms with van der Waals surface area (Å²) in [5.74, 6) is 0.727. The summed E-state index contributed by atoms with van der Waals surface area (Å²) < 4.78 is 0. The van der Waals surface area contributed by atoms with Gasteiger partial charge in [0.1, 0.15) is 0 Å². The summed E-state index contributed by atoms with van der Waals surface area (Å²) >= 11 is 0. The van der Waals surface area contributed by atoms with Crippen molar-refractivity contribution in [2.75, 3.05) is 6.54 Å². The molecule has 3 rings (SSSR count). The molecule has 2 aliphatic carbocycles. The predicted octanol–water partition coefficient (Wildman–Crippen LogP) is 2.01. The molecular formula is C14H20N2. The highest BCUT2D eigenvalue weighted by atomic mass is 15.0. The molecule has 16 heavy (non-hydrogen) atoms. The van der Waals surface area contributed by atoms with Crippen LogP contribution < -0.4 is 11.1 Å². The van der Waals surface area contributed by atoms with Gasteiger partial charge in [0, 0.05) is 24.0 Å². The zero-order valence-electron chi connectivity index (χ0n) is 9.65. The van der Waals surface area contributed by atoms with Crippen LogP contribution in [0.4, 0.5) is 0 Å². The van der Waals surface area contributed by atoms with E-state index in [0.29, 0.717) is 6.04 Å². The first-order chi connectivity index (χ1) is 7.77. The van der Waals surface area contributed by atoms with Crippen LogP contribution in [0.5, 0.6) is 0 Å². The first kappa shape index (κ1) is 10.3. The van der Waals surface area contributed by atoms with Gasteiger partial charge < -0.3 is 11.1 Å². The molecule has 1 aromatic carbocycles. The molecule has 2 fully saturated rings. The Hall–Kier alpha value is -0.860. The van der Waals surface area contributed by atoms with Crippen molar-refractivity contribution in [1.29, 1.82) is 0 Å². The Kier molecular flexibility index (Phi) is 2.49. The monoisotopic (exact) mass is 216 g/mol. The van der Waals surface area contributed by atoms with E-state index in [1.165, 1.54) is 31.2 Å². The third kappa shape index (κ3) is 2.00. The molecule has 0 aromatic heterocycles. The summed E-state index contributed by atoms with van der Waals surface area (Å²) in [6, 6.07) is 11.5. The molecule has 2 aliphatic rings. The number of nitrogens with two attached hydrogens (primary N) is 1. The van der Waals surface area contributed by atoms with E-state index in [4.69, 9.17) is 5.73 Å². The summed E-state index contributed by atoms with van der Waals surface area (Å²) in [4.78, 5) is 0. The second-order valence-electron chi connectivity index (χ2n) is 5.46. The highest BCUT2D eigenvalue weighted by molar-refractivity contribution is 5.27. The van der Waals surface area contributed by atoms with Gasteiger partial charge in [0.15, 0.2) is 0 Å². The number of nitrogens with one attached hydrogen (secondary N) is 1. The van der Waals surface area contributed by atoms with Gasteiger partial charge in [-0.05, 0) is 31.2 Å². The van der Waals surface area contributed by atoms with E-state index >= 15 is 0 Å². The van der Waals surface area contributed by atoms with Gasteiger partial charge in [0.25, 0.3) is 0 Å². The van der Waals surface area contributed by atoms with E-state index in [1.807, 2.05) is 0 Å². The summed E-state index contributed by atoms with van der Waals surface area (Å²) in [7, 11) is 0.